The maximum Gasteiger partial charge on any atom is 0.210 e. The topological polar surface area (TPSA) is 38.7 Å². The molecule has 0 fully saturated rings. The molecule has 48 valence electrons. The number of methoxy groups -OCH3 is 1. The largest absolute Gasteiger partial charge is 0.353 e. The molecule has 3 heteroatoms. The quantitative estimate of drug-likeness (QED) is 0.501. The van der Waals surface area contributed by atoms with Gasteiger partial charge in [0.05, 0.1) is 0 Å². The number of hydrogen-bond donors (Lipinski definition) is 0. The first-order chi connectivity index (χ1) is 4.34. The molecule has 1 rings (SSSR count). The van der Waals surface area contributed by atoms with E-state index >= 15 is 0 Å². The van der Waals surface area contributed by atoms with E-state index in [0.29, 0.717) is 0 Å². The van der Waals surface area contributed by atoms with Gasteiger partial charge < -0.3 is 4.74 Å². The summed E-state index contributed by atoms with van der Waals surface area (Å²) in [5.41, 5.74) is 0. The van der Waals surface area contributed by atoms with Crippen molar-refractivity contribution in [3.63, 3.8) is 0 Å². The Morgan fingerprint density at radius 2 is 2.56 bits per heavy atom. The maximum atomic E-state index is 10.7. The van der Waals surface area contributed by atoms with Crippen LogP contribution in [0.2, 0.25) is 0 Å². The zero-order valence-electron chi connectivity index (χ0n) is 5.07. The molecule has 0 aliphatic carbocycles. The van der Waals surface area contributed by atoms with Gasteiger partial charge in [-0.3, -0.25) is 9.79 Å². The van der Waals surface area contributed by atoms with Gasteiger partial charge in [-0.25, -0.2) is 0 Å². The highest BCUT2D eigenvalue weighted by Crippen LogP contribution is 1.98. The summed E-state index contributed by atoms with van der Waals surface area (Å²) < 4.78 is 4.70. The van der Waals surface area contributed by atoms with Gasteiger partial charge in [0.2, 0.25) is 12.0 Å². The molecular weight excluding hydrogens is 118 g/mol. The summed E-state index contributed by atoms with van der Waals surface area (Å²) in [6.45, 7) is 0. The van der Waals surface area contributed by atoms with Crippen LogP contribution in [-0.2, 0) is 9.53 Å². The van der Waals surface area contributed by atoms with E-state index in [1.165, 1.54) is 13.2 Å². The van der Waals surface area contributed by atoms with E-state index in [-0.39, 0.29) is 5.78 Å². The molecule has 1 unspecified atom stereocenters. The van der Waals surface area contributed by atoms with Gasteiger partial charge in [-0.15, -0.1) is 0 Å². The Morgan fingerprint density at radius 1 is 1.78 bits per heavy atom. The van der Waals surface area contributed by atoms with E-state index in [2.05, 4.69) is 4.99 Å². The number of carbonyl (C=O) groups is 1. The zero-order chi connectivity index (χ0) is 6.69. The first-order valence-electron chi connectivity index (χ1n) is 2.61. The van der Waals surface area contributed by atoms with Crippen molar-refractivity contribution < 1.29 is 9.53 Å². The lowest BCUT2D eigenvalue weighted by atomic mass is 10.3. The van der Waals surface area contributed by atoms with E-state index in [9.17, 15) is 4.79 Å². The van der Waals surface area contributed by atoms with Crippen LogP contribution in [-0.4, -0.2) is 25.3 Å². The minimum absolute atomic E-state index is 0.0972. The molecule has 1 heterocycles. The fraction of sp³-hybridized carbons (Fsp3) is 0.333. The smallest absolute Gasteiger partial charge is 0.210 e. The first-order valence-corrected chi connectivity index (χ1v) is 2.61. The summed E-state index contributed by atoms with van der Waals surface area (Å²) in [6, 6.07) is 0. The Balaban J connectivity index is 2.66. The number of carbonyl (C=O) groups excluding carboxylic acids is 1. The second-order valence-corrected chi connectivity index (χ2v) is 1.65. The van der Waals surface area contributed by atoms with Gasteiger partial charge in [-0.05, 0) is 12.2 Å². The second kappa shape index (κ2) is 2.55. The van der Waals surface area contributed by atoms with Gasteiger partial charge in [-0.2, -0.15) is 0 Å². The van der Waals surface area contributed by atoms with Crippen LogP contribution in [0.4, 0.5) is 0 Å². The van der Waals surface area contributed by atoms with Crippen LogP contribution in [0.15, 0.2) is 17.1 Å². The second-order valence-electron chi connectivity index (χ2n) is 1.65. The van der Waals surface area contributed by atoms with Crippen LogP contribution in [0.1, 0.15) is 0 Å². The molecule has 0 amide bonds. The summed E-state index contributed by atoms with van der Waals surface area (Å²) in [5.74, 6) is -0.0972. The number of aliphatic imine (C=N–C) groups is 1. The molecule has 0 aromatic heterocycles. The molecule has 1 aliphatic heterocycles. The third-order valence-electron chi connectivity index (χ3n) is 1.03. The Morgan fingerprint density at radius 3 is 3.00 bits per heavy atom. The fourth-order valence-electron chi connectivity index (χ4n) is 0.599. The predicted molar refractivity (Wildman–Crippen MR) is 33.4 cm³/mol. The Bertz CT molecular complexity index is 172. The van der Waals surface area contributed by atoms with Crippen molar-refractivity contribution in [3.05, 3.63) is 12.2 Å². The van der Waals surface area contributed by atoms with Gasteiger partial charge in [-0.1, -0.05) is 0 Å². The van der Waals surface area contributed by atoms with Gasteiger partial charge in [0.1, 0.15) is 0 Å². The van der Waals surface area contributed by atoms with E-state index in [1.807, 2.05) is 0 Å². The van der Waals surface area contributed by atoms with Crippen molar-refractivity contribution in [2.45, 2.75) is 6.23 Å². The van der Waals surface area contributed by atoms with Crippen molar-refractivity contribution in [1.29, 1.82) is 0 Å². The number of ether oxygens (including phenoxy) is 1. The zero-order valence-corrected chi connectivity index (χ0v) is 5.07. The molecule has 0 radical (unpaired) electrons. The third kappa shape index (κ3) is 1.23. The summed E-state index contributed by atoms with van der Waals surface area (Å²) in [7, 11) is 1.46. The van der Waals surface area contributed by atoms with Crippen LogP contribution < -0.4 is 0 Å². The predicted octanol–water partition coefficient (Wildman–Crippen LogP) is 0.169. The van der Waals surface area contributed by atoms with E-state index < -0.39 is 6.23 Å². The van der Waals surface area contributed by atoms with Gasteiger partial charge in [0.25, 0.3) is 0 Å². The number of nitrogens with zero attached hydrogens (tertiary/aromatic N) is 1. The molecule has 0 saturated carbocycles. The highest BCUT2D eigenvalue weighted by atomic mass is 16.5. The van der Waals surface area contributed by atoms with Crippen molar-refractivity contribution in [3.8, 4) is 0 Å². The highest BCUT2D eigenvalue weighted by Gasteiger charge is 2.13. The molecule has 0 aromatic carbocycles. The number of dihydropyridines is 1. The monoisotopic (exact) mass is 125 g/mol. The van der Waals surface area contributed by atoms with E-state index in [0.717, 1.165) is 0 Å². The minimum Gasteiger partial charge on any atom is -0.353 e. The Hall–Kier alpha value is -0.960. The average molecular weight is 125 g/mol. The summed E-state index contributed by atoms with van der Waals surface area (Å²) >= 11 is 0. The average Bonchev–Trinajstić information content (AvgIpc) is 1.89. The first kappa shape index (κ1) is 6.16. The van der Waals surface area contributed by atoms with E-state index in [4.69, 9.17) is 4.74 Å². The SMILES string of the molecule is COC1N=CC=CC1=O. The molecule has 1 atom stereocenters. The number of allylic oxidation sites excluding steroid dienone is 1. The summed E-state index contributed by atoms with van der Waals surface area (Å²) in [5, 5.41) is 0. The Labute approximate surface area is 53.0 Å². The standard InChI is InChI=1S/C6H7NO2/c1-9-6-5(8)3-2-4-7-6/h2-4,6H,1H3. The number of ketones is 1. The van der Waals surface area contributed by atoms with Gasteiger partial charge in [0, 0.05) is 13.3 Å². The number of hydrogen-bond acceptors (Lipinski definition) is 3. The van der Waals surface area contributed by atoms with Crippen LogP contribution in [0.5, 0.6) is 0 Å². The maximum absolute atomic E-state index is 10.7. The molecule has 0 spiro atoms. The molecule has 0 saturated heterocycles. The molecular formula is C6H7NO2. The van der Waals surface area contributed by atoms with Gasteiger partial charge >= 0.3 is 0 Å². The fourth-order valence-corrected chi connectivity index (χ4v) is 0.599. The van der Waals surface area contributed by atoms with Crippen molar-refractivity contribution in [2.75, 3.05) is 7.11 Å². The number of rotatable bonds is 1. The highest BCUT2D eigenvalue weighted by molar-refractivity contribution is 5.99. The van der Waals surface area contributed by atoms with Crippen LogP contribution in [0.25, 0.3) is 0 Å². The lowest BCUT2D eigenvalue weighted by Crippen LogP contribution is -2.20. The molecule has 9 heavy (non-hydrogen) atoms. The molecule has 0 aromatic rings. The minimum atomic E-state index is -0.602. The van der Waals surface area contributed by atoms with Crippen LogP contribution in [0.3, 0.4) is 0 Å². The van der Waals surface area contributed by atoms with E-state index in [1.54, 1.807) is 12.3 Å². The van der Waals surface area contributed by atoms with Crippen molar-refractivity contribution >= 4 is 12.0 Å². The molecule has 0 bridgehead atoms. The normalized spacial score (nSPS) is 25.0. The molecule has 3 nitrogen and oxygen atoms in total. The third-order valence-corrected chi connectivity index (χ3v) is 1.03. The molecule has 1 aliphatic rings. The van der Waals surface area contributed by atoms with Crippen molar-refractivity contribution in [2.24, 2.45) is 4.99 Å². The molecule has 0 N–H and O–H groups in total. The lowest BCUT2D eigenvalue weighted by molar-refractivity contribution is -0.123. The van der Waals surface area contributed by atoms with Gasteiger partial charge in [0.15, 0.2) is 0 Å². The van der Waals surface area contributed by atoms with Crippen LogP contribution in [0, 0.1) is 0 Å². The Kier molecular flexibility index (Phi) is 1.75. The van der Waals surface area contributed by atoms with Crippen molar-refractivity contribution in [1.82, 2.24) is 0 Å². The lowest BCUT2D eigenvalue weighted by Gasteiger charge is -2.07. The summed E-state index contributed by atoms with van der Waals surface area (Å²) in [4.78, 5) is 14.4. The van der Waals surface area contributed by atoms with Crippen LogP contribution >= 0.6 is 0 Å². The summed E-state index contributed by atoms with van der Waals surface area (Å²) in [6.07, 6.45) is 3.99.